The van der Waals surface area contributed by atoms with Gasteiger partial charge < -0.3 is 5.32 Å². The van der Waals surface area contributed by atoms with E-state index < -0.39 is 0 Å². The quantitative estimate of drug-likeness (QED) is 0.940. The molecule has 0 radical (unpaired) electrons. The Morgan fingerprint density at radius 1 is 1.47 bits per heavy atom. The first kappa shape index (κ1) is 12.9. The second-order valence-electron chi connectivity index (χ2n) is 5.07. The smallest absolute Gasteiger partial charge is 0.0663 e. The molecule has 100 valence electrons. The minimum Gasteiger partial charge on any atom is -0.313 e. The minimum atomic E-state index is 0.472. The topological polar surface area (TPSA) is 29.9 Å². The van der Waals surface area contributed by atoms with Gasteiger partial charge in [-0.3, -0.25) is 4.68 Å². The van der Waals surface area contributed by atoms with E-state index >= 15 is 0 Å². The summed E-state index contributed by atoms with van der Waals surface area (Å²) in [6.07, 6.45) is 5.63. The molecule has 4 heteroatoms. The maximum atomic E-state index is 4.58. The van der Waals surface area contributed by atoms with E-state index in [0.29, 0.717) is 6.04 Å². The molecule has 3 rings (SSSR count). The van der Waals surface area contributed by atoms with Crippen LogP contribution in [-0.2, 0) is 13.0 Å². The van der Waals surface area contributed by atoms with Crippen molar-refractivity contribution < 1.29 is 0 Å². The minimum absolute atomic E-state index is 0.472. The van der Waals surface area contributed by atoms with Crippen LogP contribution in [0, 0.1) is 0 Å². The van der Waals surface area contributed by atoms with Gasteiger partial charge >= 0.3 is 0 Å². The second-order valence-corrected chi connectivity index (χ2v) is 5.98. The normalized spacial score (nSPS) is 18.3. The zero-order valence-electron chi connectivity index (χ0n) is 11.1. The van der Waals surface area contributed by atoms with Gasteiger partial charge in [-0.05, 0) is 44.0 Å². The van der Waals surface area contributed by atoms with Gasteiger partial charge in [-0.2, -0.15) is 5.10 Å². The van der Waals surface area contributed by atoms with E-state index in [4.69, 9.17) is 0 Å². The Bertz CT molecular complexity index is 577. The lowest BCUT2D eigenvalue weighted by Gasteiger charge is -2.22. The van der Waals surface area contributed by atoms with Crippen molar-refractivity contribution in [3.05, 3.63) is 51.8 Å². The number of halogens is 1. The number of hydrogen-bond donors (Lipinski definition) is 1. The van der Waals surface area contributed by atoms with Crippen LogP contribution in [0.1, 0.15) is 35.7 Å². The number of aromatic nitrogens is 2. The molecule has 1 aliphatic rings. The highest BCUT2D eigenvalue weighted by Gasteiger charge is 2.22. The Hall–Kier alpha value is -1.13. The summed E-state index contributed by atoms with van der Waals surface area (Å²) in [5.41, 5.74) is 4.06. The SMILES string of the molecule is CNC1CCCc2c1cnn2Cc1cccc(Br)c1. The van der Waals surface area contributed by atoms with Gasteiger partial charge in [-0.1, -0.05) is 28.1 Å². The Labute approximate surface area is 122 Å². The molecule has 1 N–H and O–H groups in total. The van der Waals surface area contributed by atoms with Crippen molar-refractivity contribution in [1.82, 2.24) is 15.1 Å². The van der Waals surface area contributed by atoms with Crippen molar-refractivity contribution in [3.63, 3.8) is 0 Å². The van der Waals surface area contributed by atoms with E-state index in [9.17, 15) is 0 Å². The molecule has 0 fully saturated rings. The van der Waals surface area contributed by atoms with Crippen molar-refractivity contribution in [3.8, 4) is 0 Å². The number of hydrogen-bond acceptors (Lipinski definition) is 2. The van der Waals surface area contributed by atoms with Crippen LogP contribution in [0.2, 0.25) is 0 Å². The summed E-state index contributed by atoms with van der Waals surface area (Å²) < 4.78 is 3.28. The number of rotatable bonds is 3. The first-order chi connectivity index (χ1) is 9.28. The van der Waals surface area contributed by atoms with E-state index in [2.05, 4.69) is 55.3 Å². The van der Waals surface area contributed by atoms with Gasteiger partial charge in [0.25, 0.3) is 0 Å². The fraction of sp³-hybridized carbons (Fsp3) is 0.400. The van der Waals surface area contributed by atoms with Crippen molar-refractivity contribution in [1.29, 1.82) is 0 Å². The van der Waals surface area contributed by atoms with Crippen molar-refractivity contribution in [2.75, 3.05) is 7.05 Å². The summed E-state index contributed by atoms with van der Waals surface area (Å²) in [6, 6.07) is 8.91. The maximum Gasteiger partial charge on any atom is 0.0663 e. The van der Waals surface area contributed by atoms with E-state index in [1.807, 2.05) is 13.2 Å². The molecule has 3 nitrogen and oxygen atoms in total. The molecule has 0 spiro atoms. The average molecular weight is 320 g/mol. The molecule has 0 amide bonds. The predicted molar refractivity (Wildman–Crippen MR) is 80.2 cm³/mol. The summed E-state index contributed by atoms with van der Waals surface area (Å²) in [4.78, 5) is 0. The van der Waals surface area contributed by atoms with Crippen LogP contribution in [-0.4, -0.2) is 16.8 Å². The fourth-order valence-electron chi connectivity index (χ4n) is 2.86. The maximum absolute atomic E-state index is 4.58. The molecule has 2 aromatic rings. The summed E-state index contributed by atoms with van der Waals surface area (Å²) in [7, 11) is 2.03. The molecule has 1 unspecified atom stereocenters. The Morgan fingerprint density at radius 3 is 3.16 bits per heavy atom. The molecule has 0 saturated carbocycles. The molecule has 1 aromatic carbocycles. The lowest BCUT2D eigenvalue weighted by molar-refractivity contribution is 0.481. The molecule has 1 heterocycles. The zero-order valence-corrected chi connectivity index (χ0v) is 12.7. The molecular weight excluding hydrogens is 302 g/mol. The highest BCUT2D eigenvalue weighted by molar-refractivity contribution is 9.10. The van der Waals surface area contributed by atoms with Crippen LogP contribution in [0.4, 0.5) is 0 Å². The lowest BCUT2D eigenvalue weighted by Crippen LogP contribution is -2.22. The van der Waals surface area contributed by atoms with Crippen LogP contribution in [0.5, 0.6) is 0 Å². The summed E-state index contributed by atoms with van der Waals surface area (Å²) in [5.74, 6) is 0. The van der Waals surface area contributed by atoms with E-state index in [1.165, 1.54) is 29.7 Å². The Morgan fingerprint density at radius 2 is 2.37 bits per heavy atom. The second kappa shape index (κ2) is 5.47. The number of nitrogens with zero attached hydrogens (tertiary/aromatic N) is 2. The third kappa shape index (κ3) is 2.60. The van der Waals surface area contributed by atoms with Crippen LogP contribution >= 0.6 is 15.9 Å². The van der Waals surface area contributed by atoms with Gasteiger partial charge in [0, 0.05) is 21.8 Å². The van der Waals surface area contributed by atoms with Crippen molar-refractivity contribution in [2.45, 2.75) is 31.8 Å². The predicted octanol–water partition coefficient (Wildman–Crippen LogP) is 3.29. The largest absolute Gasteiger partial charge is 0.313 e. The summed E-state index contributed by atoms with van der Waals surface area (Å²) in [5, 5.41) is 7.97. The molecular formula is C15H18BrN3. The van der Waals surface area contributed by atoms with E-state index in [1.54, 1.807) is 0 Å². The van der Waals surface area contributed by atoms with Crippen LogP contribution in [0.15, 0.2) is 34.9 Å². The molecule has 0 aliphatic heterocycles. The molecule has 19 heavy (non-hydrogen) atoms. The Balaban J connectivity index is 1.88. The zero-order chi connectivity index (χ0) is 13.2. The number of fused-ring (bicyclic) bond motifs is 1. The van der Waals surface area contributed by atoms with Crippen LogP contribution in [0.3, 0.4) is 0 Å². The van der Waals surface area contributed by atoms with Gasteiger partial charge in [0.1, 0.15) is 0 Å². The number of benzene rings is 1. The highest BCUT2D eigenvalue weighted by atomic mass is 79.9. The monoisotopic (exact) mass is 319 g/mol. The van der Waals surface area contributed by atoms with Gasteiger partial charge in [0.2, 0.25) is 0 Å². The Kier molecular flexibility index (Phi) is 3.71. The van der Waals surface area contributed by atoms with Gasteiger partial charge in [-0.25, -0.2) is 0 Å². The summed E-state index contributed by atoms with van der Waals surface area (Å²) in [6.45, 7) is 0.852. The van der Waals surface area contributed by atoms with Crippen molar-refractivity contribution in [2.24, 2.45) is 0 Å². The third-order valence-corrected chi connectivity index (χ3v) is 4.33. The molecule has 1 aromatic heterocycles. The highest BCUT2D eigenvalue weighted by Crippen LogP contribution is 2.29. The summed E-state index contributed by atoms with van der Waals surface area (Å²) >= 11 is 3.52. The van der Waals surface area contributed by atoms with Gasteiger partial charge in [0.05, 0.1) is 12.7 Å². The first-order valence-electron chi connectivity index (χ1n) is 6.74. The molecule has 1 atom stereocenters. The van der Waals surface area contributed by atoms with E-state index in [0.717, 1.165) is 17.4 Å². The standard InChI is InChI=1S/C15H18BrN3/c1-17-14-6-3-7-15-13(14)9-18-19(15)10-11-4-2-5-12(16)8-11/h2,4-5,8-9,14,17H,3,6-7,10H2,1H3. The molecule has 0 saturated heterocycles. The lowest BCUT2D eigenvalue weighted by atomic mass is 9.93. The third-order valence-electron chi connectivity index (χ3n) is 3.83. The van der Waals surface area contributed by atoms with Gasteiger partial charge in [0.15, 0.2) is 0 Å². The van der Waals surface area contributed by atoms with Crippen molar-refractivity contribution >= 4 is 15.9 Å². The number of nitrogens with one attached hydrogen (secondary N) is 1. The van der Waals surface area contributed by atoms with E-state index in [-0.39, 0.29) is 0 Å². The van der Waals surface area contributed by atoms with Crippen LogP contribution in [0.25, 0.3) is 0 Å². The fourth-order valence-corrected chi connectivity index (χ4v) is 3.31. The van der Waals surface area contributed by atoms with Crippen LogP contribution < -0.4 is 5.32 Å². The van der Waals surface area contributed by atoms with Gasteiger partial charge in [-0.15, -0.1) is 0 Å². The molecule has 0 bridgehead atoms. The average Bonchev–Trinajstić information content (AvgIpc) is 2.82. The molecule has 1 aliphatic carbocycles. The first-order valence-corrected chi connectivity index (χ1v) is 7.53.